The van der Waals surface area contributed by atoms with Crippen LogP contribution in [0.15, 0.2) is 42.5 Å². The molecule has 1 atom stereocenters. The van der Waals surface area contributed by atoms with E-state index >= 15 is 0 Å². The number of phenols is 1. The molecule has 1 aliphatic rings. The minimum Gasteiger partial charge on any atom is -0.504 e. The van der Waals surface area contributed by atoms with Crippen molar-refractivity contribution in [2.24, 2.45) is 0 Å². The second-order valence-corrected chi connectivity index (χ2v) is 4.87. The average Bonchev–Trinajstić information content (AvgIpc) is 2.55. The molecule has 0 amide bonds. The van der Waals surface area contributed by atoms with Gasteiger partial charge in [0.25, 0.3) is 0 Å². The Balaban J connectivity index is 2.06. The van der Waals surface area contributed by atoms with Crippen LogP contribution in [0.5, 0.6) is 11.5 Å². The largest absolute Gasteiger partial charge is 0.504 e. The predicted molar refractivity (Wildman–Crippen MR) is 78.0 cm³/mol. The highest BCUT2D eigenvalue weighted by Gasteiger charge is 2.26. The number of rotatable bonds is 3. The van der Waals surface area contributed by atoms with Crippen molar-refractivity contribution in [2.75, 3.05) is 18.5 Å². The van der Waals surface area contributed by atoms with Crippen molar-refractivity contribution in [3.05, 3.63) is 53.6 Å². The number of hydrogen-bond donors (Lipinski definition) is 3. The molecular formula is C16H15NO4. The molecule has 0 bridgehead atoms. The zero-order valence-electron chi connectivity index (χ0n) is 11.2. The molecule has 2 aromatic rings. The summed E-state index contributed by atoms with van der Waals surface area (Å²) in [6.07, 6.45) is 0. The Hall–Kier alpha value is -2.53. The molecule has 3 N–H and O–H groups in total. The number of aliphatic hydroxyl groups is 1. The maximum atomic E-state index is 12.6. The number of aromatic hydroxyl groups is 1. The van der Waals surface area contributed by atoms with Crippen LogP contribution in [0.4, 0.5) is 5.69 Å². The third-order valence-electron chi connectivity index (χ3n) is 3.42. The maximum Gasteiger partial charge on any atom is 0.195 e. The quantitative estimate of drug-likeness (QED) is 0.749. The van der Waals surface area contributed by atoms with Crippen LogP contribution in [-0.2, 0) is 0 Å². The number of carbonyl (C=O) groups excluding carboxylic acids is 1. The number of aliphatic hydroxyl groups excluding tert-OH is 1. The van der Waals surface area contributed by atoms with Crippen LogP contribution >= 0.6 is 0 Å². The first kappa shape index (κ1) is 13.5. The molecule has 21 heavy (non-hydrogen) atoms. The lowest BCUT2D eigenvalue weighted by Gasteiger charge is -2.28. The van der Waals surface area contributed by atoms with Crippen LogP contribution in [0.3, 0.4) is 0 Å². The molecule has 0 saturated carbocycles. The minimum absolute atomic E-state index is 0.0292. The van der Waals surface area contributed by atoms with Gasteiger partial charge >= 0.3 is 0 Å². The van der Waals surface area contributed by atoms with Crippen LogP contribution < -0.4 is 10.1 Å². The Morgan fingerprint density at radius 3 is 2.71 bits per heavy atom. The zero-order chi connectivity index (χ0) is 14.8. The van der Waals surface area contributed by atoms with Crippen LogP contribution in [0.1, 0.15) is 15.9 Å². The number of benzene rings is 2. The average molecular weight is 285 g/mol. The van der Waals surface area contributed by atoms with E-state index in [1.165, 1.54) is 6.07 Å². The Kier molecular flexibility index (Phi) is 3.50. The van der Waals surface area contributed by atoms with Crippen molar-refractivity contribution in [3.63, 3.8) is 0 Å². The number of hydrogen-bond acceptors (Lipinski definition) is 5. The summed E-state index contributed by atoms with van der Waals surface area (Å²) in [6, 6.07) is 11.6. The van der Waals surface area contributed by atoms with Crippen LogP contribution in [0.2, 0.25) is 0 Å². The van der Waals surface area contributed by atoms with E-state index in [0.29, 0.717) is 16.8 Å². The third kappa shape index (κ3) is 2.43. The van der Waals surface area contributed by atoms with Gasteiger partial charge in [-0.2, -0.15) is 0 Å². The van der Waals surface area contributed by atoms with Crippen molar-refractivity contribution in [1.82, 2.24) is 0 Å². The van der Waals surface area contributed by atoms with Crippen molar-refractivity contribution in [3.8, 4) is 11.5 Å². The maximum absolute atomic E-state index is 12.6. The molecule has 0 aliphatic carbocycles. The second kappa shape index (κ2) is 5.46. The van der Waals surface area contributed by atoms with Crippen molar-refractivity contribution >= 4 is 11.5 Å². The van der Waals surface area contributed by atoms with E-state index in [0.717, 1.165) is 0 Å². The number of ether oxygens (including phenoxy) is 1. The Morgan fingerprint density at radius 1 is 1.24 bits per heavy atom. The summed E-state index contributed by atoms with van der Waals surface area (Å²) in [4.78, 5) is 12.6. The summed E-state index contributed by atoms with van der Waals surface area (Å²) >= 11 is 0. The molecule has 108 valence electrons. The highest BCUT2D eigenvalue weighted by molar-refractivity contribution is 6.13. The van der Waals surface area contributed by atoms with E-state index in [-0.39, 0.29) is 36.5 Å². The summed E-state index contributed by atoms with van der Waals surface area (Å²) in [5, 5.41) is 22.1. The van der Waals surface area contributed by atoms with Gasteiger partial charge in [-0.25, -0.2) is 0 Å². The smallest absolute Gasteiger partial charge is 0.195 e. The summed E-state index contributed by atoms with van der Waals surface area (Å²) in [7, 11) is 0. The van der Waals surface area contributed by atoms with Crippen LogP contribution in [-0.4, -0.2) is 35.3 Å². The lowest BCUT2D eigenvalue weighted by molar-refractivity contribution is 0.103. The number of ketones is 1. The predicted octanol–water partition coefficient (Wildman–Crippen LogP) is 1.79. The summed E-state index contributed by atoms with van der Waals surface area (Å²) < 4.78 is 5.46. The molecule has 5 heteroatoms. The van der Waals surface area contributed by atoms with E-state index < -0.39 is 0 Å². The van der Waals surface area contributed by atoms with Crippen molar-refractivity contribution < 1.29 is 19.7 Å². The standard InChI is InChI=1S/C16H15NO4/c18-8-11-9-21-16-13(19)7-6-12(14(16)17-11)15(20)10-4-2-1-3-5-10/h1-7,11,17-19H,8-9H2/t11-/m1/s1. The molecule has 1 heterocycles. The van der Waals surface area contributed by atoms with Gasteiger partial charge < -0.3 is 20.3 Å². The minimum atomic E-state index is -0.304. The second-order valence-electron chi connectivity index (χ2n) is 4.87. The van der Waals surface area contributed by atoms with Gasteiger partial charge in [0.2, 0.25) is 0 Å². The molecule has 0 fully saturated rings. The van der Waals surface area contributed by atoms with Crippen LogP contribution in [0.25, 0.3) is 0 Å². The third-order valence-corrected chi connectivity index (χ3v) is 3.42. The van der Waals surface area contributed by atoms with Crippen molar-refractivity contribution in [1.29, 1.82) is 0 Å². The number of phenolic OH excluding ortho intramolecular Hbond substituents is 1. The zero-order valence-corrected chi connectivity index (χ0v) is 11.2. The van der Waals surface area contributed by atoms with Gasteiger partial charge in [0.05, 0.1) is 18.3 Å². The van der Waals surface area contributed by atoms with E-state index in [4.69, 9.17) is 4.74 Å². The van der Waals surface area contributed by atoms with Gasteiger partial charge in [0.15, 0.2) is 17.3 Å². The van der Waals surface area contributed by atoms with Gasteiger partial charge in [-0.1, -0.05) is 30.3 Å². The molecule has 1 aliphatic heterocycles. The fourth-order valence-electron chi connectivity index (χ4n) is 2.32. The topological polar surface area (TPSA) is 78.8 Å². The van der Waals surface area contributed by atoms with Gasteiger partial charge in [0, 0.05) is 11.1 Å². The molecule has 5 nitrogen and oxygen atoms in total. The molecule has 0 saturated heterocycles. The summed E-state index contributed by atoms with van der Waals surface area (Å²) in [5.74, 6) is 0.0570. The van der Waals surface area contributed by atoms with E-state index in [2.05, 4.69) is 5.32 Å². The molecule has 0 aromatic heterocycles. The Morgan fingerprint density at radius 2 is 2.00 bits per heavy atom. The normalized spacial score (nSPS) is 16.5. The van der Waals surface area contributed by atoms with Gasteiger partial charge in [-0.15, -0.1) is 0 Å². The first-order chi connectivity index (χ1) is 10.2. The Labute approximate surface area is 121 Å². The van der Waals surface area contributed by atoms with Crippen LogP contribution in [0, 0.1) is 0 Å². The summed E-state index contributed by atoms with van der Waals surface area (Å²) in [5.41, 5.74) is 1.39. The van der Waals surface area contributed by atoms with Crippen molar-refractivity contribution in [2.45, 2.75) is 6.04 Å². The Bertz CT molecular complexity index is 669. The SMILES string of the molecule is O=C(c1ccccc1)c1ccc(O)c2c1N[C@H](CO)CO2. The van der Waals surface area contributed by atoms with Gasteiger partial charge in [-0.3, -0.25) is 4.79 Å². The summed E-state index contributed by atoms with van der Waals surface area (Å²) in [6.45, 7) is 0.119. The van der Waals surface area contributed by atoms with Gasteiger partial charge in [-0.05, 0) is 12.1 Å². The molecule has 2 aromatic carbocycles. The molecule has 0 unspecified atom stereocenters. The first-order valence-corrected chi connectivity index (χ1v) is 6.66. The van der Waals surface area contributed by atoms with Gasteiger partial charge in [0.1, 0.15) is 6.61 Å². The fourth-order valence-corrected chi connectivity index (χ4v) is 2.32. The highest BCUT2D eigenvalue weighted by atomic mass is 16.5. The molecular weight excluding hydrogens is 270 g/mol. The lowest BCUT2D eigenvalue weighted by atomic mass is 9.99. The molecule has 0 spiro atoms. The number of fused-ring (bicyclic) bond motifs is 1. The van der Waals surface area contributed by atoms with E-state index in [1.807, 2.05) is 6.07 Å². The molecule has 0 radical (unpaired) electrons. The number of anilines is 1. The number of carbonyl (C=O) groups is 1. The molecule has 3 rings (SSSR count). The van der Waals surface area contributed by atoms with E-state index in [1.54, 1.807) is 30.3 Å². The fraction of sp³-hybridized carbons (Fsp3) is 0.188. The first-order valence-electron chi connectivity index (χ1n) is 6.66. The number of nitrogens with one attached hydrogen (secondary N) is 1. The lowest BCUT2D eigenvalue weighted by Crippen LogP contribution is -2.35. The monoisotopic (exact) mass is 285 g/mol. The highest BCUT2D eigenvalue weighted by Crippen LogP contribution is 2.40. The van der Waals surface area contributed by atoms with E-state index in [9.17, 15) is 15.0 Å².